The Morgan fingerprint density at radius 1 is 1.24 bits per heavy atom. The summed E-state index contributed by atoms with van der Waals surface area (Å²) in [6, 6.07) is 0.545. The Bertz CT molecular complexity index is 407. The average Bonchev–Trinajstić information content (AvgIpc) is 2.39. The minimum absolute atomic E-state index is 0.300. The van der Waals surface area contributed by atoms with Gasteiger partial charge in [-0.2, -0.15) is 11.8 Å². The molecule has 0 amide bonds. The number of rotatable bonds is 8. The highest BCUT2D eigenvalue weighted by atomic mass is 32.2. The molecule has 1 saturated carbocycles. The summed E-state index contributed by atoms with van der Waals surface area (Å²) < 4.78 is 22.6. The first-order chi connectivity index (χ1) is 9.69. The van der Waals surface area contributed by atoms with Crippen LogP contribution in [-0.2, 0) is 9.84 Å². The summed E-state index contributed by atoms with van der Waals surface area (Å²) >= 11 is 1.86. The van der Waals surface area contributed by atoms with E-state index in [-0.39, 0.29) is 0 Å². The molecule has 0 bridgehead atoms. The van der Waals surface area contributed by atoms with Crippen molar-refractivity contribution in [3.05, 3.63) is 0 Å². The van der Waals surface area contributed by atoms with Gasteiger partial charge in [-0.3, -0.25) is 0 Å². The van der Waals surface area contributed by atoms with Gasteiger partial charge in [0.15, 0.2) is 0 Å². The molecule has 21 heavy (non-hydrogen) atoms. The van der Waals surface area contributed by atoms with Gasteiger partial charge >= 0.3 is 0 Å². The Morgan fingerprint density at radius 3 is 2.43 bits per heavy atom. The Kier molecular flexibility index (Phi) is 7.55. The maximum absolute atomic E-state index is 11.3. The van der Waals surface area contributed by atoms with Crippen molar-refractivity contribution in [1.82, 2.24) is 5.32 Å². The summed E-state index contributed by atoms with van der Waals surface area (Å²) in [5.74, 6) is 1.78. The third-order valence-corrected chi connectivity index (χ3v) is 7.65. The second-order valence-electron chi connectivity index (χ2n) is 7.06. The fraction of sp³-hybridized carbons (Fsp3) is 1.00. The van der Waals surface area contributed by atoms with Gasteiger partial charge in [0, 0.05) is 23.3 Å². The Morgan fingerprint density at radius 2 is 1.90 bits per heavy atom. The number of hydrogen-bond donors (Lipinski definition) is 1. The Hall–Kier alpha value is 0.260. The number of thioether (sulfide) groups is 1. The van der Waals surface area contributed by atoms with Crippen LogP contribution in [0.4, 0.5) is 0 Å². The van der Waals surface area contributed by atoms with Gasteiger partial charge in [0.25, 0.3) is 0 Å². The van der Waals surface area contributed by atoms with E-state index in [9.17, 15) is 8.42 Å². The van der Waals surface area contributed by atoms with Crippen LogP contribution in [0.3, 0.4) is 0 Å². The maximum Gasteiger partial charge on any atom is 0.148 e. The molecule has 0 aromatic rings. The van der Waals surface area contributed by atoms with Crippen molar-refractivity contribution in [3.63, 3.8) is 0 Å². The lowest BCUT2D eigenvalue weighted by Crippen LogP contribution is -2.45. The molecule has 126 valence electrons. The molecule has 1 fully saturated rings. The van der Waals surface area contributed by atoms with Crippen molar-refractivity contribution < 1.29 is 8.42 Å². The van der Waals surface area contributed by atoms with Crippen molar-refractivity contribution in [3.8, 4) is 0 Å². The zero-order valence-corrected chi connectivity index (χ0v) is 15.9. The lowest BCUT2D eigenvalue weighted by molar-refractivity contribution is 0.141. The summed E-state index contributed by atoms with van der Waals surface area (Å²) in [6.45, 7) is 10.2. The minimum atomic E-state index is -2.84. The molecular formula is C16H33NO2S2. The quantitative estimate of drug-likeness (QED) is 0.739. The van der Waals surface area contributed by atoms with Gasteiger partial charge in [-0.15, -0.1) is 0 Å². The Labute approximate surface area is 136 Å². The molecule has 0 aliphatic heterocycles. The van der Waals surface area contributed by atoms with Gasteiger partial charge in [-0.1, -0.05) is 34.1 Å². The topological polar surface area (TPSA) is 46.2 Å². The average molecular weight is 336 g/mol. The second kappa shape index (κ2) is 8.21. The molecule has 3 unspecified atom stereocenters. The highest BCUT2D eigenvalue weighted by molar-refractivity contribution is 8.01. The SMILES string of the molecule is CCNC1CCC(C(C)(C)CC)CC1SCCS(C)(=O)=O. The van der Waals surface area contributed by atoms with Crippen molar-refractivity contribution in [2.24, 2.45) is 11.3 Å². The van der Waals surface area contributed by atoms with Crippen LogP contribution in [0, 0.1) is 11.3 Å². The molecule has 3 atom stereocenters. The van der Waals surface area contributed by atoms with E-state index in [1.807, 2.05) is 11.8 Å². The van der Waals surface area contributed by atoms with Gasteiger partial charge in [0.1, 0.15) is 9.84 Å². The highest BCUT2D eigenvalue weighted by Gasteiger charge is 2.37. The molecule has 0 spiro atoms. The lowest BCUT2D eigenvalue weighted by Gasteiger charge is -2.43. The van der Waals surface area contributed by atoms with Crippen LogP contribution in [0.25, 0.3) is 0 Å². The predicted octanol–water partition coefficient (Wildman–Crippen LogP) is 3.35. The first kappa shape index (κ1) is 19.3. The maximum atomic E-state index is 11.3. The fourth-order valence-corrected chi connectivity index (χ4v) is 5.89. The van der Waals surface area contributed by atoms with E-state index < -0.39 is 9.84 Å². The third-order valence-electron chi connectivity index (χ3n) is 5.06. The molecule has 0 aromatic heterocycles. The number of sulfone groups is 1. The van der Waals surface area contributed by atoms with E-state index in [2.05, 4.69) is 33.0 Å². The zero-order valence-electron chi connectivity index (χ0n) is 14.3. The van der Waals surface area contributed by atoms with Crippen molar-refractivity contribution in [1.29, 1.82) is 0 Å². The third kappa shape index (κ3) is 6.49. The van der Waals surface area contributed by atoms with E-state index in [0.29, 0.717) is 22.5 Å². The summed E-state index contributed by atoms with van der Waals surface area (Å²) in [6.07, 6.45) is 6.27. The van der Waals surface area contributed by atoms with Gasteiger partial charge in [0.05, 0.1) is 5.75 Å². The second-order valence-corrected chi connectivity index (χ2v) is 10.7. The summed E-state index contributed by atoms with van der Waals surface area (Å²) in [5.41, 5.74) is 0.396. The summed E-state index contributed by atoms with van der Waals surface area (Å²) in [5, 5.41) is 4.15. The Balaban J connectivity index is 2.63. The van der Waals surface area contributed by atoms with Crippen LogP contribution in [0.15, 0.2) is 0 Å². The molecule has 0 saturated heterocycles. The molecule has 5 heteroatoms. The van der Waals surface area contributed by atoms with Gasteiger partial charge < -0.3 is 5.32 Å². The summed E-state index contributed by atoms with van der Waals surface area (Å²) in [4.78, 5) is 0. The van der Waals surface area contributed by atoms with E-state index >= 15 is 0 Å². The van der Waals surface area contributed by atoms with E-state index in [4.69, 9.17) is 0 Å². The summed E-state index contributed by atoms with van der Waals surface area (Å²) in [7, 11) is -2.84. The molecule has 0 radical (unpaired) electrons. The number of hydrogen-bond acceptors (Lipinski definition) is 4. The van der Waals surface area contributed by atoms with Gasteiger partial charge in [0.2, 0.25) is 0 Å². The molecule has 1 rings (SSSR count). The molecule has 1 N–H and O–H groups in total. The first-order valence-electron chi connectivity index (χ1n) is 8.22. The van der Waals surface area contributed by atoms with Crippen molar-refractivity contribution in [2.45, 2.75) is 64.7 Å². The lowest BCUT2D eigenvalue weighted by atomic mass is 9.68. The molecule has 0 heterocycles. The molecule has 0 aromatic carbocycles. The van der Waals surface area contributed by atoms with Crippen LogP contribution in [-0.4, -0.2) is 44.0 Å². The largest absolute Gasteiger partial charge is 0.313 e. The van der Waals surface area contributed by atoms with E-state index in [1.54, 1.807) is 0 Å². The molecule has 1 aliphatic rings. The van der Waals surface area contributed by atoms with Crippen LogP contribution in [0.1, 0.15) is 53.4 Å². The smallest absolute Gasteiger partial charge is 0.148 e. The number of nitrogens with one attached hydrogen (secondary N) is 1. The predicted molar refractivity (Wildman–Crippen MR) is 94.8 cm³/mol. The standard InChI is InChI=1S/C16H33NO2S2/c1-6-16(3,4)13-8-9-14(17-7-2)15(12-13)20-10-11-21(5,18)19/h13-15,17H,6-12H2,1-5H3. The molecule has 1 aliphatic carbocycles. The highest BCUT2D eigenvalue weighted by Crippen LogP contribution is 2.43. The molecular weight excluding hydrogens is 302 g/mol. The van der Waals surface area contributed by atoms with Gasteiger partial charge in [-0.25, -0.2) is 8.42 Å². The van der Waals surface area contributed by atoms with Crippen LogP contribution in [0.5, 0.6) is 0 Å². The fourth-order valence-electron chi connectivity index (χ4n) is 3.16. The van der Waals surface area contributed by atoms with Crippen molar-refractivity contribution >= 4 is 21.6 Å². The van der Waals surface area contributed by atoms with Crippen molar-refractivity contribution in [2.75, 3.05) is 24.3 Å². The van der Waals surface area contributed by atoms with Gasteiger partial charge in [-0.05, 0) is 37.1 Å². The van der Waals surface area contributed by atoms with Crippen LogP contribution < -0.4 is 5.32 Å². The minimum Gasteiger partial charge on any atom is -0.313 e. The van der Waals surface area contributed by atoms with Crippen LogP contribution >= 0.6 is 11.8 Å². The van der Waals surface area contributed by atoms with E-state index in [1.165, 1.54) is 31.9 Å². The first-order valence-corrected chi connectivity index (χ1v) is 11.3. The monoisotopic (exact) mass is 335 g/mol. The molecule has 3 nitrogen and oxygen atoms in total. The normalized spacial score (nSPS) is 27.8. The van der Waals surface area contributed by atoms with E-state index in [0.717, 1.165) is 18.2 Å². The zero-order chi connectivity index (χ0) is 16.1. The van der Waals surface area contributed by atoms with Crippen LogP contribution in [0.2, 0.25) is 0 Å².